The van der Waals surface area contributed by atoms with E-state index in [0.29, 0.717) is 5.88 Å². The summed E-state index contributed by atoms with van der Waals surface area (Å²) in [6.07, 6.45) is 1.82. The van der Waals surface area contributed by atoms with Crippen molar-refractivity contribution in [2.24, 2.45) is 0 Å². The number of aryl methyl sites for hydroxylation is 1. The molecule has 96 valence electrons. The molecule has 0 aliphatic heterocycles. The molecule has 3 nitrogen and oxygen atoms in total. The Kier molecular flexibility index (Phi) is 3.22. The Hall–Kier alpha value is -1.87. The van der Waals surface area contributed by atoms with Crippen molar-refractivity contribution in [2.45, 2.75) is 19.3 Å². The third-order valence-electron chi connectivity index (χ3n) is 3.22. The van der Waals surface area contributed by atoms with Gasteiger partial charge in [-0.3, -0.25) is 0 Å². The van der Waals surface area contributed by atoms with Crippen LogP contribution in [-0.2, 0) is 12.4 Å². The molecule has 0 N–H and O–H groups in total. The summed E-state index contributed by atoms with van der Waals surface area (Å²) in [5.41, 5.74) is 4.19. The Bertz CT molecular complexity index is 704. The van der Waals surface area contributed by atoms with Crippen molar-refractivity contribution in [2.75, 3.05) is 0 Å². The SMILES string of the molecule is Cc1ccnc2c1nc(CCl)n2Cc1ccccc1. The summed E-state index contributed by atoms with van der Waals surface area (Å²) >= 11 is 6.01. The first-order valence-corrected chi connectivity index (χ1v) is 6.73. The number of rotatable bonds is 3. The maximum Gasteiger partial charge on any atom is 0.160 e. The summed E-state index contributed by atoms with van der Waals surface area (Å²) in [4.78, 5) is 9.04. The van der Waals surface area contributed by atoms with Crippen LogP contribution in [0.5, 0.6) is 0 Å². The lowest BCUT2D eigenvalue weighted by Gasteiger charge is -2.07. The fourth-order valence-electron chi connectivity index (χ4n) is 2.22. The zero-order valence-electron chi connectivity index (χ0n) is 10.7. The molecule has 3 rings (SSSR count). The average Bonchev–Trinajstić information content (AvgIpc) is 2.80. The summed E-state index contributed by atoms with van der Waals surface area (Å²) in [6.45, 7) is 2.79. The molecule has 0 aliphatic carbocycles. The molecular formula is C15H14ClN3. The topological polar surface area (TPSA) is 30.7 Å². The summed E-state index contributed by atoms with van der Waals surface area (Å²) in [5.74, 6) is 1.25. The Morgan fingerprint density at radius 3 is 2.68 bits per heavy atom. The number of fused-ring (bicyclic) bond motifs is 1. The predicted molar refractivity (Wildman–Crippen MR) is 77.4 cm³/mol. The van der Waals surface area contributed by atoms with Crippen molar-refractivity contribution in [1.29, 1.82) is 0 Å². The number of hydrogen-bond acceptors (Lipinski definition) is 2. The van der Waals surface area contributed by atoms with E-state index in [0.717, 1.165) is 29.1 Å². The minimum absolute atomic E-state index is 0.392. The van der Waals surface area contributed by atoms with Gasteiger partial charge >= 0.3 is 0 Å². The van der Waals surface area contributed by atoms with Gasteiger partial charge in [0.05, 0.1) is 12.4 Å². The summed E-state index contributed by atoms with van der Waals surface area (Å²) in [5, 5.41) is 0. The van der Waals surface area contributed by atoms with Gasteiger partial charge in [0.25, 0.3) is 0 Å². The summed E-state index contributed by atoms with van der Waals surface area (Å²) in [6, 6.07) is 12.3. The molecule has 0 saturated heterocycles. The van der Waals surface area contributed by atoms with Crippen LogP contribution < -0.4 is 0 Å². The van der Waals surface area contributed by atoms with Crippen LogP contribution in [0.25, 0.3) is 11.2 Å². The second-order valence-electron chi connectivity index (χ2n) is 4.53. The number of imidazole rings is 1. The maximum absolute atomic E-state index is 6.01. The highest BCUT2D eigenvalue weighted by Gasteiger charge is 2.12. The van der Waals surface area contributed by atoms with E-state index in [4.69, 9.17) is 11.6 Å². The van der Waals surface area contributed by atoms with Crippen molar-refractivity contribution in [3.63, 3.8) is 0 Å². The quantitative estimate of drug-likeness (QED) is 0.683. The standard InChI is InChI=1S/C15H14ClN3/c1-11-7-8-17-15-14(11)18-13(9-16)19(15)10-12-5-3-2-4-6-12/h2-8H,9-10H2,1H3. The summed E-state index contributed by atoms with van der Waals surface area (Å²) in [7, 11) is 0. The monoisotopic (exact) mass is 271 g/mol. The Balaban J connectivity index is 2.14. The molecule has 19 heavy (non-hydrogen) atoms. The van der Waals surface area contributed by atoms with Gasteiger partial charge in [-0.1, -0.05) is 30.3 Å². The van der Waals surface area contributed by atoms with Gasteiger partial charge < -0.3 is 4.57 Å². The van der Waals surface area contributed by atoms with Gasteiger partial charge in [0.1, 0.15) is 11.3 Å². The number of pyridine rings is 1. The van der Waals surface area contributed by atoms with Crippen LogP contribution in [0.15, 0.2) is 42.6 Å². The molecule has 0 amide bonds. The first-order chi connectivity index (χ1) is 9.29. The smallest absolute Gasteiger partial charge is 0.160 e. The minimum Gasteiger partial charge on any atom is -0.307 e. The van der Waals surface area contributed by atoms with E-state index in [9.17, 15) is 0 Å². The second-order valence-corrected chi connectivity index (χ2v) is 4.80. The van der Waals surface area contributed by atoms with E-state index in [1.807, 2.05) is 37.4 Å². The van der Waals surface area contributed by atoms with E-state index in [2.05, 4.69) is 26.7 Å². The van der Waals surface area contributed by atoms with Crippen LogP contribution in [0, 0.1) is 6.92 Å². The lowest BCUT2D eigenvalue weighted by atomic mass is 10.2. The zero-order valence-corrected chi connectivity index (χ0v) is 11.4. The van der Waals surface area contributed by atoms with Crippen LogP contribution in [0.4, 0.5) is 0 Å². The van der Waals surface area contributed by atoms with E-state index in [1.54, 1.807) is 0 Å². The molecule has 0 atom stereocenters. The molecule has 0 bridgehead atoms. The molecule has 2 heterocycles. The largest absolute Gasteiger partial charge is 0.307 e. The predicted octanol–water partition coefficient (Wildman–Crippen LogP) is 3.53. The van der Waals surface area contributed by atoms with Crippen LogP contribution in [0.2, 0.25) is 0 Å². The number of halogens is 1. The van der Waals surface area contributed by atoms with Crippen LogP contribution in [0.3, 0.4) is 0 Å². The van der Waals surface area contributed by atoms with E-state index in [-0.39, 0.29) is 0 Å². The highest BCUT2D eigenvalue weighted by Crippen LogP contribution is 2.20. The molecule has 0 radical (unpaired) electrons. The number of nitrogens with zero attached hydrogens (tertiary/aromatic N) is 3. The molecule has 2 aromatic heterocycles. The van der Waals surface area contributed by atoms with Gasteiger partial charge in [0.15, 0.2) is 5.65 Å². The molecule has 0 spiro atoms. The molecule has 0 aliphatic rings. The zero-order chi connectivity index (χ0) is 13.2. The minimum atomic E-state index is 0.392. The Labute approximate surface area is 116 Å². The third-order valence-corrected chi connectivity index (χ3v) is 3.46. The lowest BCUT2D eigenvalue weighted by molar-refractivity contribution is 0.770. The van der Waals surface area contributed by atoms with Crippen molar-refractivity contribution < 1.29 is 0 Å². The van der Waals surface area contributed by atoms with E-state index >= 15 is 0 Å². The van der Waals surface area contributed by atoms with Crippen LogP contribution in [-0.4, -0.2) is 14.5 Å². The molecular weight excluding hydrogens is 258 g/mol. The van der Waals surface area contributed by atoms with Gasteiger partial charge in [-0.15, -0.1) is 11.6 Å². The molecule has 3 aromatic rings. The molecule has 0 saturated carbocycles. The van der Waals surface area contributed by atoms with E-state index < -0.39 is 0 Å². The highest BCUT2D eigenvalue weighted by molar-refractivity contribution is 6.16. The first-order valence-electron chi connectivity index (χ1n) is 6.20. The maximum atomic E-state index is 6.01. The van der Waals surface area contributed by atoms with Gasteiger partial charge in [-0.05, 0) is 24.1 Å². The van der Waals surface area contributed by atoms with Crippen molar-refractivity contribution in [3.8, 4) is 0 Å². The second kappa shape index (κ2) is 5.02. The summed E-state index contributed by atoms with van der Waals surface area (Å²) < 4.78 is 2.09. The molecule has 4 heteroatoms. The normalized spacial score (nSPS) is 11.1. The van der Waals surface area contributed by atoms with Crippen molar-refractivity contribution >= 4 is 22.8 Å². The van der Waals surface area contributed by atoms with Gasteiger partial charge in [0.2, 0.25) is 0 Å². The van der Waals surface area contributed by atoms with Crippen LogP contribution >= 0.6 is 11.6 Å². The number of alkyl halides is 1. The van der Waals surface area contributed by atoms with Crippen molar-refractivity contribution in [1.82, 2.24) is 14.5 Å². The molecule has 0 fully saturated rings. The Morgan fingerprint density at radius 2 is 1.95 bits per heavy atom. The fourth-order valence-corrected chi connectivity index (χ4v) is 2.42. The first kappa shape index (κ1) is 12.2. The number of aromatic nitrogens is 3. The van der Waals surface area contributed by atoms with Gasteiger partial charge in [-0.25, -0.2) is 9.97 Å². The molecule has 1 aromatic carbocycles. The van der Waals surface area contributed by atoms with Gasteiger partial charge in [0, 0.05) is 6.20 Å². The Morgan fingerprint density at radius 1 is 1.16 bits per heavy atom. The van der Waals surface area contributed by atoms with Crippen LogP contribution in [0.1, 0.15) is 17.0 Å². The fraction of sp³-hybridized carbons (Fsp3) is 0.200. The van der Waals surface area contributed by atoms with Gasteiger partial charge in [-0.2, -0.15) is 0 Å². The highest BCUT2D eigenvalue weighted by atomic mass is 35.5. The van der Waals surface area contributed by atoms with E-state index in [1.165, 1.54) is 5.56 Å². The lowest BCUT2D eigenvalue weighted by Crippen LogP contribution is -2.04. The average molecular weight is 272 g/mol. The number of benzene rings is 1. The molecule has 0 unspecified atom stereocenters. The van der Waals surface area contributed by atoms with Crippen molar-refractivity contribution in [3.05, 3.63) is 59.5 Å². The number of hydrogen-bond donors (Lipinski definition) is 0. The third kappa shape index (κ3) is 2.22.